The predicted molar refractivity (Wildman–Crippen MR) is 84.7 cm³/mol. The molecule has 0 spiro atoms. The van der Waals surface area contributed by atoms with Crippen molar-refractivity contribution in [3.63, 3.8) is 0 Å². The lowest BCUT2D eigenvalue weighted by molar-refractivity contribution is 0.0571. The average molecular weight is 310 g/mol. The fraction of sp³-hybridized carbons (Fsp3) is 0.562. The van der Waals surface area contributed by atoms with Crippen molar-refractivity contribution in [2.75, 3.05) is 53.6 Å². The van der Waals surface area contributed by atoms with Crippen molar-refractivity contribution in [1.82, 2.24) is 9.80 Å². The van der Waals surface area contributed by atoms with Gasteiger partial charge in [0.05, 0.1) is 19.8 Å². The van der Waals surface area contributed by atoms with Gasteiger partial charge in [-0.2, -0.15) is 0 Å². The maximum atomic E-state index is 12.2. The molecule has 0 saturated heterocycles. The minimum Gasteiger partial charge on any atom is -0.445 e. The molecular formula is C16H26N2O4. The number of carbonyl (C=O) groups excluding carboxylic acids is 1. The van der Waals surface area contributed by atoms with Crippen molar-refractivity contribution < 1.29 is 19.4 Å². The van der Waals surface area contributed by atoms with Crippen LogP contribution >= 0.6 is 0 Å². The van der Waals surface area contributed by atoms with Crippen molar-refractivity contribution >= 4 is 6.09 Å². The molecule has 1 rings (SSSR count). The predicted octanol–water partition coefficient (Wildman–Crippen LogP) is 1.20. The smallest absolute Gasteiger partial charge is 0.410 e. The number of rotatable bonds is 10. The first-order chi connectivity index (χ1) is 10.6. The Morgan fingerprint density at radius 2 is 1.82 bits per heavy atom. The number of amides is 1. The van der Waals surface area contributed by atoms with Crippen LogP contribution in [0.2, 0.25) is 0 Å². The Labute approximate surface area is 132 Å². The third-order valence-corrected chi connectivity index (χ3v) is 3.02. The number of carbonyl (C=O) groups is 1. The van der Waals surface area contributed by atoms with Crippen LogP contribution in [0.25, 0.3) is 0 Å². The van der Waals surface area contributed by atoms with Crippen LogP contribution in [-0.2, 0) is 16.1 Å². The van der Waals surface area contributed by atoms with Gasteiger partial charge in [0.2, 0.25) is 0 Å². The Morgan fingerprint density at radius 3 is 2.45 bits per heavy atom. The first kappa shape index (κ1) is 18.4. The molecule has 0 heterocycles. The number of hydrogen-bond acceptors (Lipinski definition) is 5. The van der Waals surface area contributed by atoms with E-state index < -0.39 is 0 Å². The second-order valence-corrected chi connectivity index (χ2v) is 5.17. The van der Waals surface area contributed by atoms with Crippen LogP contribution < -0.4 is 0 Å². The summed E-state index contributed by atoms with van der Waals surface area (Å²) in [6.07, 6.45) is -0.349. The topological polar surface area (TPSA) is 62.2 Å². The molecule has 1 aromatic rings. The normalized spacial score (nSPS) is 10.7. The summed E-state index contributed by atoms with van der Waals surface area (Å²) in [6.45, 7) is 2.67. The van der Waals surface area contributed by atoms with E-state index in [2.05, 4.69) is 0 Å². The molecule has 124 valence electrons. The van der Waals surface area contributed by atoms with Crippen LogP contribution in [0.5, 0.6) is 0 Å². The molecule has 0 bridgehead atoms. The van der Waals surface area contributed by atoms with Crippen LogP contribution in [0.15, 0.2) is 30.3 Å². The molecule has 0 fully saturated rings. The Balaban J connectivity index is 2.43. The third kappa shape index (κ3) is 7.97. The van der Waals surface area contributed by atoms with E-state index in [4.69, 9.17) is 14.6 Å². The van der Waals surface area contributed by atoms with E-state index in [1.54, 1.807) is 4.90 Å². The van der Waals surface area contributed by atoms with E-state index in [1.807, 2.05) is 49.3 Å². The SMILES string of the molecule is CN(C)CCN(CCOCCO)C(=O)OCc1ccccc1. The van der Waals surface area contributed by atoms with Crippen LogP contribution in [-0.4, -0.2) is 74.5 Å². The first-order valence-electron chi connectivity index (χ1n) is 7.42. The molecule has 1 aromatic carbocycles. The van der Waals surface area contributed by atoms with Gasteiger partial charge in [0, 0.05) is 19.6 Å². The zero-order valence-electron chi connectivity index (χ0n) is 13.4. The lowest BCUT2D eigenvalue weighted by Crippen LogP contribution is -2.39. The van der Waals surface area contributed by atoms with Gasteiger partial charge in [0.15, 0.2) is 0 Å². The second-order valence-electron chi connectivity index (χ2n) is 5.17. The number of benzene rings is 1. The molecule has 0 aromatic heterocycles. The van der Waals surface area contributed by atoms with Crippen molar-refractivity contribution in [2.45, 2.75) is 6.61 Å². The number of nitrogens with zero attached hydrogens (tertiary/aromatic N) is 2. The molecule has 0 saturated carbocycles. The third-order valence-electron chi connectivity index (χ3n) is 3.02. The van der Waals surface area contributed by atoms with E-state index in [-0.39, 0.29) is 25.9 Å². The van der Waals surface area contributed by atoms with Crippen molar-refractivity contribution in [1.29, 1.82) is 0 Å². The summed E-state index contributed by atoms with van der Waals surface area (Å²) in [4.78, 5) is 15.8. The molecule has 0 unspecified atom stereocenters. The lowest BCUT2D eigenvalue weighted by atomic mass is 10.2. The van der Waals surface area contributed by atoms with Crippen molar-refractivity contribution in [3.8, 4) is 0 Å². The number of aliphatic hydroxyl groups excluding tert-OH is 1. The number of aliphatic hydroxyl groups is 1. The average Bonchev–Trinajstić information content (AvgIpc) is 2.52. The summed E-state index contributed by atoms with van der Waals surface area (Å²) in [5.74, 6) is 0. The van der Waals surface area contributed by atoms with Gasteiger partial charge in [-0.1, -0.05) is 30.3 Å². The molecule has 6 nitrogen and oxygen atoms in total. The van der Waals surface area contributed by atoms with Gasteiger partial charge in [-0.25, -0.2) is 4.79 Å². The van der Waals surface area contributed by atoms with E-state index in [1.165, 1.54) is 0 Å². The zero-order valence-corrected chi connectivity index (χ0v) is 13.4. The highest BCUT2D eigenvalue weighted by molar-refractivity contribution is 5.67. The summed E-state index contributed by atoms with van der Waals surface area (Å²) in [7, 11) is 3.91. The van der Waals surface area contributed by atoms with E-state index in [0.717, 1.165) is 12.1 Å². The molecular weight excluding hydrogens is 284 g/mol. The Bertz CT molecular complexity index is 412. The highest BCUT2D eigenvalue weighted by Crippen LogP contribution is 2.03. The largest absolute Gasteiger partial charge is 0.445 e. The lowest BCUT2D eigenvalue weighted by Gasteiger charge is -2.23. The molecule has 0 aliphatic rings. The van der Waals surface area contributed by atoms with Crippen LogP contribution in [0.4, 0.5) is 4.79 Å². The highest BCUT2D eigenvalue weighted by atomic mass is 16.6. The van der Waals surface area contributed by atoms with Crippen molar-refractivity contribution in [3.05, 3.63) is 35.9 Å². The minimum absolute atomic E-state index is 0.0177. The summed E-state index contributed by atoms with van der Waals surface area (Å²) in [5, 5.41) is 8.69. The van der Waals surface area contributed by atoms with E-state index >= 15 is 0 Å². The standard InChI is InChI=1S/C16H26N2O4/c1-17(2)8-9-18(10-12-21-13-11-19)16(20)22-14-15-6-4-3-5-7-15/h3-7,19H,8-14H2,1-2H3. The number of hydrogen-bond donors (Lipinski definition) is 1. The summed E-state index contributed by atoms with van der Waals surface area (Å²) < 4.78 is 10.6. The second kappa shape index (κ2) is 11.0. The van der Waals surface area contributed by atoms with Crippen molar-refractivity contribution in [2.24, 2.45) is 0 Å². The Morgan fingerprint density at radius 1 is 1.09 bits per heavy atom. The number of ether oxygens (including phenoxy) is 2. The molecule has 0 aliphatic heterocycles. The van der Waals surface area contributed by atoms with Gasteiger partial charge >= 0.3 is 6.09 Å². The quantitative estimate of drug-likeness (QED) is 0.658. The van der Waals surface area contributed by atoms with Gasteiger partial charge in [-0.05, 0) is 19.7 Å². The summed E-state index contributed by atoms with van der Waals surface area (Å²) in [5.41, 5.74) is 0.958. The maximum Gasteiger partial charge on any atom is 0.410 e. The summed E-state index contributed by atoms with van der Waals surface area (Å²) in [6, 6.07) is 9.59. The van der Waals surface area contributed by atoms with Gasteiger partial charge in [0.1, 0.15) is 6.61 Å². The number of likely N-dealkylation sites (N-methyl/N-ethyl adjacent to an activating group) is 1. The minimum atomic E-state index is -0.349. The summed E-state index contributed by atoms with van der Waals surface area (Å²) >= 11 is 0. The fourth-order valence-electron chi connectivity index (χ4n) is 1.77. The Kier molecular flexibility index (Phi) is 9.21. The molecule has 6 heteroatoms. The first-order valence-corrected chi connectivity index (χ1v) is 7.42. The molecule has 22 heavy (non-hydrogen) atoms. The van der Waals surface area contributed by atoms with Gasteiger partial charge in [0.25, 0.3) is 0 Å². The molecule has 0 aliphatic carbocycles. The fourth-order valence-corrected chi connectivity index (χ4v) is 1.77. The van der Waals surface area contributed by atoms with Gasteiger partial charge < -0.3 is 24.4 Å². The molecule has 0 atom stereocenters. The van der Waals surface area contributed by atoms with Gasteiger partial charge in [-0.15, -0.1) is 0 Å². The zero-order chi connectivity index (χ0) is 16.2. The van der Waals surface area contributed by atoms with Gasteiger partial charge in [-0.3, -0.25) is 0 Å². The van der Waals surface area contributed by atoms with Crippen LogP contribution in [0.3, 0.4) is 0 Å². The molecule has 1 N–H and O–H groups in total. The maximum absolute atomic E-state index is 12.2. The van der Waals surface area contributed by atoms with Crippen LogP contribution in [0.1, 0.15) is 5.56 Å². The molecule has 1 amide bonds. The highest BCUT2D eigenvalue weighted by Gasteiger charge is 2.15. The molecule has 0 radical (unpaired) electrons. The monoisotopic (exact) mass is 310 g/mol. The Hall–Kier alpha value is -1.63. The van der Waals surface area contributed by atoms with Crippen LogP contribution in [0, 0.1) is 0 Å². The van der Waals surface area contributed by atoms with E-state index in [9.17, 15) is 4.79 Å². The van der Waals surface area contributed by atoms with E-state index in [0.29, 0.717) is 19.7 Å².